The second-order valence-corrected chi connectivity index (χ2v) is 3.43. The maximum absolute atomic E-state index is 9.62. The molecule has 1 aromatic carbocycles. The largest absolute Gasteiger partial charge is 0.386 e. The van der Waals surface area contributed by atoms with Crippen molar-refractivity contribution in [3.8, 4) is 0 Å². The van der Waals surface area contributed by atoms with Crippen LogP contribution in [-0.2, 0) is 0 Å². The van der Waals surface area contributed by atoms with E-state index in [4.69, 9.17) is 0 Å². The van der Waals surface area contributed by atoms with E-state index in [1.165, 1.54) is 0 Å². The first-order valence-corrected chi connectivity index (χ1v) is 4.33. The van der Waals surface area contributed by atoms with Gasteiger partial charge in [0.25, 0.3) is 0 Å². The van der Waals surface area contributed by atoms with Crippen LogP contribution in [0.3, 0.4) is 0 Å². The van der Waals surface area contributed by atoms with E-state index < -0.39 is 12.2 Å². The summed E-state index contributed by atoms with van der Waals surface area (Å²) in [6.07, 6.45) is 1.92. The molecule has 0 aliphatic heterocycles. The first kappa shape index (κ1) is 8.48. The summed E-state index contributed by atoms with van der Waals surface area (Å²) >= 11 is 0. The van der Waals surface area contributed by atoms with Crippen LogP contribution in [0.2, 0.25) is 0 Å². The number of benzene rings is 1. The van der Waals surface area contributed by atoms with Crippen LogP contribution in [0.15, 0.2) is 24.3 Å². The maximum Gasteiger partial charge on any atom is 0.109 e. The van der Waals surface area contributed by atoms with Crippen molar-refractivity contribution >= 4 is 6.08 Å². The quantitative estimate of drug-likeness (QED) is 0.627. The van der Waals surface area contributed by atoms with Crippen molar-refractivity contribution in [3.05, 3.63) is 41.0 Å². The lowest BCUT2D eigenvalue weighted by Crippen LogP contribution is -2.19. The Kier molecular flexibility index (Phi) is 1.94. The van der Waals surface area contributed by atoms with E-state index in [1.54, 1.807) is 6.08 Å². The van der Waals surface area contributed by atoms with Crippen LogP contribution >= 0.6 is 0 Å². The Balaban J connectivity index is 2.52. The summed E-state index contributed by atoms with van der Waals surface area (Å²) in [5.74, 6) is 0. The molecule has 1 aromatic rings. The molecule has 2 N–H and O–H groups in total. The lowest BCUT2D eigenvalue weighted by Gasteiger charge is -2.21. The zero-order valence-electron chi connectivity index (χ0n) is 7.44. The van der Waals surface area contributed by atoms with Gasteiger partial charge >= 0.3 is 0 Å². The molecule has 0 spiro atoms. The van der Waals surface area contributed by atoms with Gasteiger partial charge < -0.3 is 10.2 Å². The number of aliphatic hydroxyl groups excluding tert-OH is 2. The Bertz CT molecular complexity index is 355. The molecule has 2 atom stereocenters. The van der Waals surface area contributed by atoms with Crippen LogP contribution < -0.4 is 0 Å². The highest BCUT2D eigenvalue weighted by Crippen LogP contribution is 2.28. The predicted molar refractivity (Wildman–Crippen MR) is 51.2 cm³/mol. The van der Waals surface area contributed by atoms with Gasteiger partial charge in [-0.2, -0.15) is 0 Å². The van der Waals surface area contributed by atoms with Gasteiger partial charge in [-0.1, -0.05) is 35.9 Å². The number of hydrogen-bond acceptors (Lipinski definition) is 2. The molecule has 2 heteroatoms. The Morgan fingerprint density at radius 1 is 1.23 bits per heavy atom. The molecule has 0 saturated carbocycles. The molecule has 0 amide bonds. The summed E-state index contributed by atoms with van der Waals surface area (Å²) in [6.45, 7) is 2.01. The van der Waals surface area contributed by atoms with Crippen molar-refractivity contribution in [2.24, 2.45) is 0 Å². The molecule has 0 radical (unpaired) electrons. The van der Waals surface area contributed by atoms with Gasteiger partial charge in [-0.3, -0.25) is 0 Å². The van der Waals surface area contributed by atoms with Crippen LogP contribution in [0.5, 0.6) is 0 Å². The molecule has 2 rings (SSSR count). The summed E-state index contributed by atoms with van der Waals surface area (Å²) in [7, 11) is 0. The molecule has 0 aromatic heterocycles. The van der Waals surface area contributed by atoms with E-state index in [-0.39, 0.29) is 0 Å². The van der Waals surface area contributed by atoms with E-state index in [0.717, 1.165) is 16.7 Å². The maximum atomic E-state index is 9.62. The highest BCUT2D eigenvalue weighted by atomic mass is 16.3. The SMILES string of the molecule is Cc1ccc2c(c1)C=C[C@@H](O)[C@@H]2O. The highest BCUT2D eigenvalue weighted by Gasteiger charge is 2.21. The molecule has 0 fully saturated rings. The second kappa shape index (κ2) is 2.98. The fraction of sp³-hybridized carbons (Fsp3) is 0.273. The molecule has 0 heterocycles. The fourth-order valence-electron chi connectivity index (χ4n) is 1.60. The van der Waals surface area contributed by atoms with Gasteiger partial charge in [0.15, 0.2) is 0 Å². The summed E-state index contributed by atoms with van der Waals surface area (Å²) in [5.41, 5.74) is 2.96. The molecular weight excluding hydrogens is 164 g/mol. The topological polar surface area (TPSA) is 40.5 Å². The molecule has 2 nitrogen and oxygen atoms in total. The molecular formula is C11H12O2. The zero-order valence-corrected chi connectivity index (χ0v) is 7.44. The van der Waals surface area contributed by atoms with Crippen molar-refractivity contribution in [1.29, 1.82) is 0 Å². The van der Waals surface area contributed by atoms with Crippen molar-refractivity contribution < 1.29 is 10.2 Å². The van der Waals surface area contributed by atoms with E-state index in [1.807, 2.05) is 31.2 Å². The summed E-state index contributed by atoms with van der Waals surface area (Å²) < 4.78 is 0. The summed E-state index contributed by atoms with van der Waals surface area (Å²) in [5, 5.41) is 19.0. The Labute approximate surface area is 77.1 Å². The zero-order chi connectivity index (χ0) is 9.42. The molecule has 0 saturated heterocycles. The van der Waals surface area contributed by atoms with Gasteiger partial charge in [-0.05, 0) is 18.1 Å². The van der Waals surface area contributed by atoms with E-state index in [2.05, 4.69) is 0 Å². The van der Waals surface area contributed by atoms with Gasteiger partial charge in [0, 0.05) is 0 Å². The molecule has 0 unspecified atom stereocenters. The Morgan fingerprint density at radius 3 is 2.77 bits per heavy atom. The third-order valence-corrected chi connectivity index (χ3v) is 2.36. The number of aliphatic hydroxyl groups is 2. The lowest BCUT2D eigenvalue weighted by molar-refractivity contribution is 0.0470. The van der Waals surface area contributed by atoms with Gasteiger partial charge in [-0.15, -0.1) is 0 Å². The third kappa shape index (κ3) is 1.39. The molecule has 68 valence electrons. The lowest BCUT2D eigenvalue weighted by atomic mass is 9.92. The van der Waals surface area contributed by atoms with Crippen LogP contribution in [0.4, 0.5) is 0 Å². The first-order valence-electron chi connectivity index (χ1n) is 4.33. The van der Waals surface area contributed by atoms with Crippen molar-refractivity contribution in [3.63, 3.8) is 0 Å². The highest BCUT2D eigenvalue weighted by molar-refractivity contribution is 5.59. The van der Waals surface area contributed by atoms with Gasteiger partial charge in [-0.25, -0.2) is 0 Å². The van der Waals surface area contributed by atoms with Crippen molar-refractivity contribution in [2.45, 2.75) is 19.1 Å². The minimum atomic E-state index is -0.777. The van der Waals surface area contributed by atoms with Crippen LogP contribution in [0, 0.1) is 6.92 Å². The van der Waals surface area contributed by atoms with Crippen molar-refractivity contribution in [1.82, 2.24) is 0 Å². The normalized spacial score (nSPS) is 25.8. The average Bonchev–Trinajstić information content (AvgIpc) is 2.12. The van der Waals surface area contributed by atoms with Crippen molar-refractivity contribution in [2.75, 3.05) is 0 Å². The molecule has 1 aliphatic rings. The Morgan fingerprint density at radius 2 is 2.00 bits per heavy atom. The molecule has 13 heavy (non-hydrogen) atoms. The smallest absolute Gasteiger partial charge is 0.109 e. The number of hydrogen-bond donors (Lipinski definition) is 2. The standard InChI is InChI=1S/C11H12O2/c1-7-2-4-9-8(6-7)3-5-10(12)11(9)13/h2-6,10-13H,1H3/t10-,11-/m1/s1. The third-order valence-electron chi connectivity index (χ3n) is 2.36. The van der Waals surface area contributed by atoms with E-state index >= 15 is 0 Å². The number of aryl methyl sites for hydroxylation is 1. The van der Waals surface area contributed by atoms with Crippen LogP contribution in [0.1, 0.15) is 22.8 Å². The van der Waals surface area contributed by atoms with E-state index in [9.17, 15) is 10.2 Å². The summed E-state index contributed by atoms with van der Waals surface area (Å²) in [6, 6.07) is 5.80. The number of fused-ring (bicyclic) bond motifs is 1. The minimum absolute atomic E-state index is 0.768. The Hall–Kier alpha value is -1.12. The van der Waals surface area contributed by atoms with Gasteiger partial charge in [0.05, 0.1) is 0 Å². The van der Waals surface area contributed by atoms with Gasteiger partial charge in [0.2, 0.25) is 0 Å². The second-order valence-electron chi connectivity index (χ2n) is 3.43. The number of rotatable bonds is 0. The fourth-order valence-corrected chi connectivity index (χ4v) is 1.60. The van der Waals surface area contributed by atoms with Crippen LogP contribution in [0.25, 0.3) is 6.08 Å². The first-order chi connectivity index (χ1) is 6.18. The van der Waals surface area contributed by atoms with Crippen LogP contribution in [-0.4, -0.2) is 16.3 Å². The average molecular weight is 176 g/mol. The monoisotopic (exact) mass is 176 g/mol. The molecule has 1 aliphatic carbocycles. The van der Waals surface area contributed by atoms with Gasteiger partial charge in [0.1, 0.15) is 12.2 Å². The predicted octanol–water partition coefficient (Wildman–Crippen LogP) is 1.42. The minimum Gasteiger partial charge on any atom is -0.386 e. The van der Waals surface area contributed by atoms with E-state index in [0.29, 0.717) is 0 Å². The summed E-state index contributed by atoms with van der Waals surface area (Å²) in [4.78, 5) is 0. The molecule has 0 bridgehead atoms.